The highest BCUT2D eigenvalue weighted by Crippen LogP contribution is 2.32. The number of benzene rings is 1. The lowest BCUT2D eigenvalue weighted by molar-refractivity contribution is -0.146. The summed E-state index contributed by atoms with van der Waals surface area (Å²) < 4.78 is 10.8. The molecule has 0 radical (unpaired) electrons. The maximum absolute atomic E-state index is 12.6. The van der Waals surface area contributed by atoms with Crippen LogP contribution in [0.1, 0.15) is 52.7 Å². The van der Waals surface area contributed by atoms with Crippen molar-refractivity contribution in [1.82, 2.24) is 10.2 Å². The molecule has 2 amide bonds. The molecule has 1 aromatic carbocycles. The summed E-state index contributed by atoms with van der Waals surface area (Å²) >= 11 is 11.5. The highest BCUT2D eigenvalue weighted by molar-refractivity contribution is 6.19. The minimum absolute atomic E-state index is 0.0714. The zero-order valence-electron chi connectivity index (χ0n) is 20.9. The van der Waals surface area contributed by atoms with Crippen molar-refractivity contribution in [2.24, 2.45) is 11.3 Å². The Balaban J connectivity index is 3.27. The van der Waals surface area contributed by atoms with E-state index in [9.17, 15) is 19.5 Å². The Labute approximate surface area is 211 Å². The first-order valence-corrected chi connectivity index (χ1v) is 12.1. The van der Waals surface area contributed by atoms with Crippen LogP contribution in [0.4, 0.5) is 9.59 Å². The number of carbonyl (C=O) groups excluding carboxylic acids is 2. The molecule has 0 heterocycles. The number of halogens is 2. The van der Waals surface area contributed by atoms with E-state index in [4.69, 9.17) is 32.7 Å². The van der Waals surface area contributed by atoms with E-state index < -0.39 is 41.1 Å². The van der Waals surface area contributed by atoms with Gasteiger partial charge in [-0.3, -0.25) is 9.69 Å². The molecule has 1 rings (SSSR count). The second kappa shape index (κ2) is 12.5. The third-order valence-corrected chi connectivity index (χ3v) is 5.48. The van der Waals surface area contributed by atoms with Gasteiger partial charge in [0.15, 0.2) is 0 Å². The van der Waals surface area contributed by atoms with Crippen molar-refractivity contribution in [3.63, 3.8) is 0 Å². The fourth-order valence-electron chi connectivity index (χ4n) is 3.49. The van der Waals surface area contributed by atoms with Crippen molar-refractivity contribution >= 4 is 41.4 Å². The molecule has 8 nitrogen and oxygen atoms in total. The third-order valence-electron chi connectivity index (χ3n) is 5.03. The molecule has 2 atom stereocenters. The zero-order valence-corrected chi connectivity index (χ0v) is 22.4. The van der Waals surface area contributed by atoms with Crippen molar-refractivity contribution in [2.75, 3.05) is 18.4 Å². The molecule has 0 aromatic heterocycles. The zero-order chi connectivity index (χ0) is 26.3. The largest absolute Gasteiger partial charge is 0.481 e. The number of nitrogens with one attached hydrogen (secondary N) is 1. The number of hydrogen-bond donors (Lipinski definition) is 2. The van der Waals surface area contributed by atoms with Gasteiger partial charge < -0.3 is 19.9 Å². The Morgan fingerprint density at radius 2 is 1.74 bits per heavy atom. The highest BCUT2D eigenvalue weighted by Gasteiger charge is 2.40. The van der Waals surface area contributed by atoms with Gasteiger partial charge in [-0.2, -0.15) is 0 Å². The minimum atomic E-state index is -1.03. The Morgan fingerprint density at radius 1 is 1.12 bits per heavy atom. The van der Waals surface area contributed by atoms with Gasteiger partial charge >= 0.3 is 18.2 Å². The van der Waals surface area contributed by atoms with Crippen LogP contribution >= 0.6 is 23.2 Å². The molecule has 1 aromatic rings. The second-order valence-electron chi connectivity index (χ2n) is 10.2. The van der Waals surface area contributed by atoms with Gasteiger partial charge in [0.1, 0.15) is 11.4 Å². The number of nitrogens with zero attached hydrogens (tertiary/aromatic N) is 1. The van der Waals surface area contributed by atoms with Crippen LogP contribution in [0.5, 0.6) is 5.75 Å². The first kappa shape index (κ1) is 29.8. The van der Waals surface area contributed by atoms with Crippen LogP contribution in [0.3, 0.4) is 0 Å². The molecule has 0 fully saturated rings. The van der Waals surface area contributed by atoms with Gasteiger partial charge in [-0.15, -0.1) is 23.2 Å². The van der Waals surface area contributed by atoms with E-state index >= 15 is 0 Å². The van der Waals surface area contributed by atoms with E-state index in [1.807, 2.05) is 6.92 Å². The number of ether oxygens (including phenoxy) is 2. The second-order valence-corrected chi connectivity index (χ2v) is 10.8. The van der Waals surface area contributed by atoms with Crippen molar-refractivity contribution in [1.29, 1.82) is 0 Å². The van der Waals surface area contributed by atoms with E-state index in [0.717, 1.165) is 11.1 Å². The lowest BCUT2D eigenvalue weighted by Crippen LogP contribution is -2.50. The average Bonchev–Trinajstić information content (AvgIpc) is 2.65. The molecule has 0 spiro atoms. The lowest BCUT2D eigenvalue weighted by Gasteiger charge is -2.35. The molecule has 0 saturated carbocycles. The predicted molar refractivity (Wildman–Crippen MR) is 133 cm³/mol. The fourth-order valence-corrected chi connectivity index (χ4v) is 3.91. The van der Waals surface area contributed by atoms with Gasteiger partial charge in [-0.1, -0.05) is 26.8 Å². The Hall–Kier alpha value is -2.19. The summed E-state index contributed by atoms with van der Waals surface area (Å²) in [5, 5.41) is 12.7. The smallest absolute Gasteiger partial charge is 0.416 e. The van der Waals surface area contributed by atoms with Gasteiger partial charge in [-0.25, -0.2) is 9.59 Å². The predicted octanol–water partition coefficient (Wildman–Crippen LogP) is 5.41. The van der Waals surface area contributed by atoms with Crippen LogP contribution < -0.4 is 10.1 Å². The van der Waals surface area contributed by atoms with Crippen LogP contribution in [-0.4, -0.2) is 58.2 Å². The molecule has 192 valence electrons. The Bertz CT molecular complexity index is 864. The van der Waals surface area contributed by atoms with Crippen LogP contribution in [-0.2, 0) is 16.0 Å². The number of carboxylic acids is 1. The molecule has 0 saturated heterocycles. The van der Waals surface area contributed by atoms with Crippen LogP contribution in [0.25, 0.3) is 0 Å². The molecule has 10 heteroatoms. The SMILES string of the molecule is Cc1ccc(OC(=O)N(CCl)CCCl)cc1C[C@@H](NC(=O)OC(C)(C)C)C(C(=O)O)C(C)(C)C. The Kier molecular flexibility index (Phi) is 11.0. The number of aryl methyl sites for hydroxylation is 1. The summed E-state index contributed by atoms with van der Waals surface area (Å²) in [6.45, 7) is 12.7. The van der Waals surface area contributed by atoms with Crippen molar-refractivity contribution in [2.45, 2.75) is 66.5 Å². The number of alkyl carbamates (subject to hydrolysis) is 1. The van der Waals surface area contributed by atoms with Crippen LogP contribution in [0, 0.1) is 18.3 Å². The van der Waals surface area contributed by atoms with Gasteiger partial charge in [0, 0.05) is 12.4 Å². The van der Waals surface area contributed by atoms with Crippen molar-refractivity contribution in [3.05, 3.63) is 29.3 Å². The minimum Gasteiger partial charge on any atom is -0.481 e. The number of hydrogen-bond acceptors (Lipinski definition) is 5. The van der Waals surface area contributed by atoms with Crippen LogP contribution in [0.15, 0.2) is 18.2 Å². The molecular formula is C24H36Cl2N2O6. The third kappa shape index (κ3) is 9.58. The van der Waals surface area contributed by atoms with E-state index in [0.29, 0.717) is 0 Å². The number of amides is 2. The fraction of sp³-hybridized carbons (Fsp3) is 0.625. The average molecular weight is 519 g/mol. The summed E-state index contributed by atoms with van der Waals surface area (Å²) in [5.41, 5.74) is 0.169. The standard InChI is InChI=1S/C24H36Cl2N2O6/c1-15-8-9-17(33-22(32)28(14-26)11-10-25)12-16(15)13-18(19(20(29)30)23(2,3)4)27-21(31)34-24(5,6)7/h8-9,12,18-19H,10-11,13-14H2,1-7H3,(H,27,31)(H,29,30)/t18-,19?/m1/s1. The topological polar surface area (TPSA) is 105 Å². The van der Waals surface area contributed by atoms with Gasteiger partial charge in [0.2, 0.25) is 0 Å². The molecule has 1 unspecified atom stereocenters. The molecule has 34 heavy (non-hydrogen) atoms. The summed E-state index contributed by atoms with van der Waals surface area (Å²) in [6.07, 6.45) is -1.16. The summed E-state index contributed by atoms with van der Waals surface area (Å²) in [7, 11) is 0. The van der Waals surface area contributed by atoms with E-state index in [1.54, 1.807) is 59.7 Å². The number of aliphatic carboxylic acids is 1. The molecule has 2 N–H and O–H groups in total. The van der Waals surface area contributed by atoms with Crippen molar-refractivity contribution in [3.8, 4) is 5.75 Å². The number of carbonyl (C=O) groups is 3. The Morgan fingerprint density at radius 3 is 2.21 bits per heavy atom. The van der Waals surface area contributed by atoms with E-state index in [1.165, 1.54) is 4.90 Å². The summed E-state index contributed by atoms with van der Waals surface area (Å²) in [5.74, 6) is -1.47. The maximum atomic E-state index is 12.6. The molecule has 0 aliphatic heterocycles. The number of carboxylic acid groups (broad SMARTS) is 1. The van der Waals surface area contributed by atoms with Crippen molar-refractivity contribution < 1.29 is 29.0 Å². The molecule has 0 bridgehead atoms. The van der Waals surface area contributed by atoms with E-state index in [2.05, 4.69) is 5.32 Å². The normalized spacial score (nSPS) is 13.6. The summed E-state index contributed by atoms with van der Waals surface area (Å²) in [4.78, 5) is 38.4. The lowest BCUT2D eigenvalue weighted by atomic mass is 9.74. The van der Waals surface area contributed by atoms with E-state index in [-0.39, 0.29) is 30.6 Å². The molecular weight excluding hydrogens is 483 g/mol. The first-order chi connectivity index (χ1) is 15.6. The molecule has 0 aliphatic carbocycles. The monoisotopic (exact) mass is 518 g/mol. The highest BCUT2D eigenvalue weighted by atomic mass is 35.5. The maximum Gasteiger partial charge on any atom is 0.416 e. The van der Waals surface area contributed by atoms with Gasteiger partial charge in [0.05, 0.1) is 18.0 Å². The van der Waals surface area contributed by atoms with Gasteiger partial charge in [-0.05, 0) is 62.8 Å². The number of rotatable bonds is 9. The first-order valence-electron chi connectivity index (χ1n) is 11.0. The number of alkyl halides is 2. The van der Waals surface area contributed by atoms with Crippen LogP contribution in [0.2, 0.25) is 0 Å². The summed E-state index contributed by atoms with van der Waals surface area (Å²) in [6, 6.07) is 4.21. The van der Waals surface area contributed by atoms with Gasteiger partial charge in [0.25, 0.3) is 0 Å². The quantitative estimate of drug-likeness (QED) is 0.334. The molecule has 0 aliphatic rings.